The first-order chi connectivity index (χ1) is 13.1. The van der Waals surface area contributed by atoms with Crippen molar-refractivity contribution in [3.8, 4) is 5.88 Å². The molecular formula is C21H27N3O2S. The summed E-state index contributed by atoms with van der Waals surface area (Å²) >= 11 is 1.54. The van der Waals surface area contributed by atoms with Gasteiger partial charge in [0.1, 0.15) is 0 Å². The minimum Gasteiger partial charge on any atom is -0.492 e. The molecule has 2 N–H and O–H groups in total. The second kappa shape index (κ2) is 7.90. The summed E-state index contributed by atoms with van der Waals surface area (Å²) in [7, 11) is 4.07. The van der Waals surface area contributed by atoms with E-state index in [9.17, 15) is 5.11 Å². The summed E-state index contributed by atoms with van der Waals surface area (Å²) in [6.45, 7) is 1.14. The molecule has 0 saturated heterocycles. The van der Waals surface area contributed by atoms with E-state index in [2.05, 4.69) is 45.6 Å². The van der Waals surface area contributed by atoms with E-state index < -0.39 is 0 Å². The van der Waals surface area contributed by atoms with E-state index >= 15 is 0 Å². The maximum Gasteiger partial charge on any atom is 0.227 e. The van der Waals surface area contributed by atoms with Gasteiger partial charge in [-0.3, -0.25) is 0 Å². The molecule has 3 atom stereocenters. The van der Waals surface area contributed by atoms with Gasteiger partial charge in [0.2, 0.25) is 5.88 Å². The molecule has 0 aliphatic heterocycles. The molecule has 1 aromatic heterocycles. The third-order valence-electron chi connectivity index (χ3n) is 5.43. The van der Waals surface area contributed by atoms with Crippen LogP contribution in [0.15, 0.2) is 36.4 Å². The van der Waals surface area contributed by atoms with E-state index in [0.717, 1.165) is 21.5 Å². The average Bonchev–Trinajstić information content (AvgIpc) is 3.35. The summed E-state index contributed by atoms with van der Waals surface area (Å²) in [5.74, 6) is 1.48. The molecule has 27 heavy (non-hydrogen) atoms. The van der Waals surface area contributed by atoms with Crippen LogP contribution in [0.1, 0.15) is 23.3 Å². The highest BCUT2D eigenvalue weighted by atomic mass is 32.1. The van der Waals surface area contributed by atoms with Crippen molar-refractivity contribution in [1.29, 1.82) is 0 Å². The summed E-state index contributed by atoms with van der Waals surface area (Å²) in [4.78, 5) is 7.27. The van der Waals surface area contributed by atoms with Crippen LogP contribution < -0.4 is 10.2 Å². The quantitative estimate of drug-likeness (QED) is 0.530. The molecule has 1 aromatic carbocycles. The van der Waals surface area contributed by atoms with Gasteiger partial charge in [0.15, 0.2) is 5.13 Å². The number of hydrogen-bond donors (Lipinski definition) is 2. The Kier molecular flexibility index (Phi) is 5.36. The molecule has 5 nitrogen and oxygen atoms in total. The molecule has 2 aromatic rings. The van der Waals surface area contributed by atoms with Gasteiger partial charge in [-0.2, -0.15) is 4.98 Å². The van der Waals surface area contributed by atoms with Crippen molar-refractivity contribution in [3.05, 3.63) is 46.9 Å². The fourth-order valence-corrected chi connectivity index (χ4v) is 4.85. The molecule has 0 amide bonds. The molecule has 3 unspecified atom stereocenters. The highest BCUT2D eigenvalue weighted by Crippen LogP contribution is 2.41. The Morgan fingerprint density at radius 1 is 1.30 bits per heavy atom. The van der Waals surface area contributed by atoms with E-state index in [-0.39, 0.29) is 5.88 Å². The average molecular weight is 386 g/mol. The molecule has 1 fully saturated rings. The number of thiazole rings is 1. The molecule has 1 heterocycles. The van der Waals surface area contributed by atoms with Gasteiger partial charge in [0, 0.05) is 32.2 Å². The third kappa shape index (κ3) is 4.28. The number of aromatic nitrogens is 1. The van der Waals surface area contributed by atoms with Crippen molar-refractivity contribution < 1.29 is 9.84 Å². The second-order valence-corrected chi connectivity index (χ2v) is 8.75. The predicted molar refractivity (Wildman–Crippen MR) is 111 cm³/mol. The monoisotopic (exact) mass is 385 g/mol. The number of aromatic hydroxyl groups is 1. The Morgan fingerprint density at radius 2 is 2.19 bits per heavy atom. The molecule has 1 saturated carbocycles. The Labute approximate surface area is 164 Å². The number of nitrogens with zero attached hydrogens (tertiary/aromatic N) is 2. The zero-order valence-corrected chi connectivity index (χ0v) is 16.7. The summed E-state index contributed by atoms with van der Waals surface area (Å²) in [6.07, 6.45) is 7.75. The van der Waals surface area contributed by atoms with Crippen molar-refractivity contribution in [3.63, 3.8) is 0 Å². The molecule has 4 rings (SSSR count). The van der Waals surface area contributed by atoms with Gasteiger partial charge in [0.05, 0.1) is 18.1 Å². The van der Waals surface area contributed by atoms with Gasteiger partial charge >= 0.3 is 0 Å². The fraction of sp³-hybridized carbons (Fsp3) is 0.476. The van der Waals surface area contributed by atoms with E-state index in [4.69, 9.17) is 4.74 Å². The first-order valence-corrected chi connectivity index (χ1v) is 10.4. The third-order valence-corrected chi connectivity index (χ3v) is 6.47. The van der Waals surface area contributed by atoms with Crippen molar-refractivity contribution in [2.45, 2.75) is 31.9 Å². The van der Waals surface area contributed by atoms with Crippen LogP contribution in [0, 0.1) is 11.8 Å². The SMILES string of the molecule is CN(C)c1cccc(COCCc2sc(NC3CC4C=CC3C4)nc2O)c1. The van der Waals surface area contributed by atoms with Gasteiger partial charge in [0.25, 0.3) is 0 Å². The zero-order valence-electron chi connectivity index (χ0n) is 15.9. The van der Waals surface area contributed by atoms with Crippen LogP contribution in [0.25, 0.3) is 0 Å². The predicted octanol–water partition coefficient (Wildman–Crippen LogP) is 4.05. The molecule has 2 aliphatic rings. The highest BCUT2D eigenvalue weighted by molar-refractivity contribution is 7.15. The summed E-state index contributed by atoms with van der Waals surface area (Å²) in [6, 6.07) is 8.79. The summed E-state index contributed by atoms with van der Waals surface area (Å²) < 4.78 is 5.82. The smallest absolute Gasteiger partial charge is 0.227 e. The van der Waals surface area contributed by atoms with Crippen LogP contribution in [0.5, 0.6) is 5.88 Å². The lowest BCUT2D eigenvalue weighted by molar-refractivity contribution is 0.124. The number of anilines is 2. The lowest BCUT2D eigenvalue weighted by Crippen LogP contribution is -2.23. The molecule has 0 radical (unpaired) electrons. The second-order valence-electron chi connectivity index (χ2n) is 7.66. The number of rotatable bonds is 8. The van der Waals surface area contributed by atoms with Crippen LogP contribution in [0.4, 0.5) is 10.8 Å². The fourth-order valence-electron chi connectivity index (χ4n) is 3.95. The molecule has 6 heteroatoms. The van der Waals surface area contributed by atoms with Gasteiger partial charge in [-0.15, -0.1) is 0 Å². The molecule has 0 spiro atoms. The molecule has 2 bridgehead atoms. The minimum atomic E-state index is 0.138. The summed E-state index contributed by atoms with van der Waals surface area (Å²) in [5.41, 5.74) is 2.32. The van der Waals surface area contributed by atoms with Crippen molar-refractivity contribution in [2.24, 2.45) is 11.8 Å². The Bertz CT molecular complexity index is 818. The minimum absolute atomic E-state index is 0.138. The van der Waals surface area contributed by atoms with Gasteiger partial charge < -0.3 is 20.1 Å². The van der Waals surface area contributed by atoms with E-state index in [1.54, 1.807) is 11.3 Å². The molecule has 2 aliphatic carbocycles. The molecule has 144 valence electrons. The Balaban J connectivity index is 1.26. The highest BCUT2D eigenvalue weighted by Gasteiger charge is 2.36. The number of ether oxygens (including phenoxy) is 1. The first-order valence-electron chi connectivity index (χ1n) is 9.56. The van der Waals surface area contributed by atoms with E-state index in [0.29, 0.717) is 31.6 Å². The van der Waals surface area contributed by atoms with Crippen LogP contribution in [-0.4, -0.2) is 36.8 Å². The van der Waals surface area contributed by atoms with Crippen LogP contribution >= 0.6 is 11.3 Å². The van der Waals surface area contributed by atoms with Crippen LogP contribution in [0.2, 0.25) is 0 Å². The normalized spacial score (nSPS) is 23.1. The number of benzene rings is 1. The number of hydrogen-bond acceptors (Lipinski definition) is 6. The first kappa shape index (κ1) is 18.3. The van der Waals surface area contributed by atoms with Crippen molar-refractivity contribution in [1.82, 2.24) is 4.98 Å². The van der Waals surface area contributed by atoms with Gasteiger partial charge in [-0.25, -0.2) is 0 Å². The topological polar surface area (TPSA) is 57.6 Å². The lowest BCUT2D eigenvalue weighted by Gasteiger charge is -2.18. The zero-order chi connectivity index (χ0) is 18.8. The van der Waals surface area contributed by atoms with E-state index in [1.807, 2.05) is 20.2 Å². The standard InChI is InChI=1S/C21H27N3O2S/c1-24(2)17-5-3-4-15(11-17)13-26-9-8-19-20(25)23-21(27-19)22-18-12-14-6-7-16(18)10-14/h3-7,11,14,16,18,25H,8-10,12-13H2,1-2H3,(H,22,23). The van der Waals surface area contributed by atoms with Crippen LogP contribution in [-0.2, 0) is 17.8 Å². The Morgan fingerprint density at radius 3 is 2.93 bits per heavy atom. The summed E-state index contributed by atoms with van der Waals surface area (Å²) in [5, 5.41) is 14.5. The van der Waals surface area contributed by atoms with Crippen LogP contribution in [0.3, 0.4) is 0 Å². The number of nitrogens with one attached hydrogen (secondary N) is 1. The largest absolute Gasteiger partial charge is 0.492 e. The lowest BCUT2D eigenvalue weighted by atomic mass is 10.0. The Hall–Kier alpha value is -2.05. The molecular weight excluding hydrogens is 358 g/mol. The number of allylic oxidation sites excluding steroid dienone is 1. The maximum atomic E-state index is 10.1. The van der Waals surface area contributed by atoms with Gasteiger partial charge in [-0.05, 0) is 42.4 Å². The maximum absolute atomic E-state index is 10.1. The van der Waals surface area contributed by atoms with E-state index in [1.165, 1.54) is 18.5 Å². The van der Waals surface area contributed by atoms with Crippen molar-refractivity contribution in [2.75, 3.05) is 30.9 Å². The number of fused-ring (bicyclic) bond motifs is 2. The van der Waals surface area contributed by atoms with Gasteiger partial charge in [-0.1, -0.05) is 35.6 Å². The van der Waals surface area contributed by atoms with Crippen molar-refractivity contribution >= 4 is 22.2 Å².